The van der Waals surface area contributed by atoms with Gasteiger partial charge in [0.15, 0.2) is 0 Å². The Morgan fingerprint density at radius 3 is 2.10 bits per heavy atom. The molecule has 2 rings (SSSR count). The van der Waals surface area contributed by atoms with Crippen molar-refractivity contribution in [3.05, 3.63) is 71.8 Å². The van der Waals surface area contributed by atoms with Gasteiger partial charge in [-0.2, -0.15) is 0 Å². The van der Waals surface area contributed by atoms with Crippen molar-refractivity contribution in [2.24, 2.45) is 5.73 Å². The Labute approximate surface area is 126 Å². The van der Waals surface area contributed by atoms with E-state index in [4.69, 9.17) is 5.73 Å². The Morgan fingerprint density at radius 2 is 1.52 bits per heavy atom. The lowest BCUT2D eigenvalue weighted by Gasteiger charge is -2.21. The van der Waals surface area contributed by atoms with E-state index in [0.717, 1.165) is 12.0 Å². The van der Waals surface area contributed by atoms with Crippen molar-refractivity contribution in [2.45, 2.75) is 25.4 Å². The van der Waals surface area contributed by atoms with Crippen LogP contribution in [0.15, 0.2) is 60.7 Å². The molecule has 0 heterocycles. The molecule has 0 fully saturated rings. The molecule has 21 heavy (non-hydrogen) atoms. The fourth-order valence-electron chi connectivity index (χ4n) is 2.31. The number of benzene rings is 2. The molecule has 1 amide bonds. The molecular formula is C18H22N2O. The molecule has 3 nitrogen and oxygen atoms in total. The van der Waals surface area contributed by atoms with Crippen molar-refractivity contribution in [1.29, 1.82) is 0 Å². The van der Waals surface area contributed by atoms with Crippen molar-refractivity contribution in [2.75, 3.05) is 7.05 Å². The SMILES string of the molecule is CN(Cc1ccccc1)C(=O)C(N)CCc1ccccc1. The van der Waals surface area contributed by atoms with Crippen LogP contribution in [-0.4, -0.2) is 23.9 Å². The third-order valence-electron chi connectivity index (χ3n) is 3.54. The lowest BCUT2D eigenvalue weighted by Crippen LogP contribution is -2.41. The maximum atomic E-state index is 12.3. The highest BCUT2D eigenvalue weighted by molar-refractivity contribution is 5.81. The van der Waals surface area contributed by atoms with E-state index in [1.165, 1.54) is 5.56 Å². The number of nitrogens with two attached hydrogens (primary N) is 1. The highest BCUT2D eigenvalue weighted by Gasteiger charge is 2.17. The zero-order valence-corrected chi connectivity index (χ0v) is 12.4. The summed E-state index contributed by atoms with van der Waals surface area (Å²) >= 11 is 0. The van der Waals surface area contributed by atoms with Crippen LogP contribution < -0.4 is 5.73 Å². The average molecular weight is 282 g/mol. The summed E-state index contributed by atoms with van der Waals surface area (Å²) in [5.74, 6) is -0.00483. The number of amides is 1. The van der Waals surface area contributed by atoms with Crippen LogP contribution in [0.25, 0.3) is 0 Å². The number of aryl methyl sites for hydroxylation is 1. The van der Waals surface area contributed by atoms with Crippen LogP contribution in [0.4, 0.5) is 0 Å². The second kappa shape index (κ2) is 7.60. The molecule has 2 N–H and O–H groups in total. The first-order valence-corrected chi connectivity index (χ1v) is 7.25. The van der Waals surface area contributed by atoms with Crippen LogP contribution >= 0.6 is 0 Å². The van der Waals surface area contributed by atoms with Gasteiger partial charge in [0.2, 0.25) is 5.91 Å². The maximum Gasteiger partial charge on any atom is 0.239 e. The predicted octanol–water partition coefficient (Wildman–Crippen LogP) is 2.61. The molecule has 3 heteroatoms. The molecule has 1 unspecified atom stereocenters. The lowest BCUT2D eigenvalue weighted by molar-refractivity contribution is -0.131. The van der Waals surface area contributed by atoms with E-state index >= 15 is 0 Å². The highest BCUT2D eigenvalue weighted by Crippen LogP contribution is 2.08. The molecule has 2 aromatic carbocycles. The number of likely N-dealkylation sites (N-methyl/N-ethyl adjacent to an activating group) is 1. The minimum Gasteiger partial charge on any atom is -0.340 e. The van der Waals surface area contributed by atoms with Crippen molar-refractivity contribution in [3.8, 4) is 0 Å². The molecule has 0 saturated heterocycles. The van der Waals surface area contributed by atoms with Gasteiger partial charge in [-0.25, -0.2) is 0 Å². The summed E-state index contributed by atoms with van der Waals surface area (Å²) in [5.41, 5.74) is 8.36. The molecule has 0 spiro atoms. The summed E-state index contributed by atoms with van der Waals surface area (Å²) in [5, 5.41) is 0. The topological polar surface area (TPSA) is 46.3 Å². The van der Waals surface area contributed by atoms with Crippen LogP contribution in [-0.2, 0) is 17.8 Å². The Kier molecular flexibility index (Phi) is 5.52. The van der Waals surface area contributed by atoms with Crippen LogP contribution in [0.1, 0.15) is 17.5 Å². The molecule has 0 saturated carbocycles. The van der Waals surface area contributed by atoms with Crippen molar-refractivity contribution in [3.63, 3.8) is 0 Å². The number of nitrogens with zero attached hydrogens (tertiary/aromatic N) is 1. The number of carbonyl (C=O) groups is 1. The van der Waals surface area contributed by atoms with Gasteiger partial charge < -0.3 is 10.6 Å². The monoisotopic (exact) mass is 282 g/mol. The van der Waals surface area contributed by atoms with E-state index in [-0.39, 0.29) is 5.91 Å². The molecule has 0 bridgehead atoms. The minimum absolute atomic E-state index is 0.00483. The van der Waals surface area contributed by atoms with Crippen LogP contribution in [0.5, 0.6) is 0 Å². The first kappa shape index (κ1) is 15.3. The van der Waals surface area contributed by atoms with E-state index in [1.54, 1.807) is 11.9 Å². The van der Waals surface area contributed by atoms with Gasteiger partial charge >= 0.3 is 0 Å². The van der Waals surface area contributed by atoms with E-state index in [9.17, 15) is 4.79 Å². The summed E-state index contributed by atoms with van der Waals surface area (Å²) < 4.78 is 0. The van der Waals surface area contributed by atoms with Gasteiger partial charge in [0.25, 0.3) is 0 Å². The van der Waals surface area contributed by atoms with E-state index < -0.39 is 6.04 Å². The van der Waals surface area contributed by atoms with Gasteiger partial charge in [-0.15, -0.1) is 0 Å². The molecule has 0 aliphatic carbocycles. The van der Waals surface area contributed by atoms with Gasteiger partial charge in [0.05, 0.1) is 6.04 Å². The summed E-state index contributed by atoms with van der Waals surface area (Å²) in [6.07, 6.45) is 1.49. The molecule has 0 aliphatic rings. The summed E-state index contributed by atoms with van der Waals surface area (Å²) in [4.78, 5) is 14.0. The van der Waals surface area contributed by atoms with Gasteiger partial charge in [-0.3, -0.25) is 4.79 Å². The zero-order valence-electron chi connectivity index (χ0n) is 12.4. The van der Waals surface area contributed by atoms with Gasteiger partial charge in [0, 0.05) is 13.6 Å². The molecule has 110 valence electrons. The smallest absolute Gasteiger partial charge is 0.239 e. The number of rotatable bonds is 6. The molecular weight excluding hydrogens is 260 g/mol. The third kappa shape index (κ3) is 4.72. The van der Waals surface area contributed by atoms with E-state index in [0.29, 0.717) is 13.0 Å². The Bertz CT molecular complexity index is 554. The summed E-state index contributed by atoms with van der Waals surface area (Å²) in [6, 6.07) is 19.6. The van der Waals surface area contributed by atoms with Gasteiger partial charge in [-0.05, 0) is 24.0 Å². The third-order valence-corrected chi connectivity index (χ3v) is 3.54. The van der Waals surface area contributed by atoms with Crippen molar-refractivity contribution in [1.82, 2.24) is 4.90 Å². The van der Waals surface area contributed by atoms with Crippen LogP contribution in [0, 0.1) is 0 Å². The summed E-state index contributed by atoms with van der Waals surface area (Å²) in [7, 11) is 1.80. The van der Waals surface area contributed by atoms with Crippen molar-refractivity contribution < 1.29 is 4.79 Å². The zero-order chi connectivity index (χ0) is 15.1. The van der Waals surface area contributed by atoms with Crippen LogP contribution in [0.3, 0.4) is 0 Å². The Hall–Kier alpha value is -2.13. The molecule has 0 aliphatic heterocycles. The van der Waals surface area contributed by atoms with Gasteiger partial charge in [-0.1, -0.05) is 60.7 Å². The fourth-order valence-corrected chi connectivity index (χ4v) is 2.31. The maximum absolute atomic E-state index is 12.3. The largest absolute Gasteiger partial charge is 0.340 e. The first-order chi connectivity index (χ1) is 10.2. The Balaban J connectivity index is 1.84. The molecule has 2 aromatic rings. The normalized spacial score (nSPS) is 11.9. The van der Waals surface area contributed by atoms with E-state index in [2.05, 4.69) is 12.1 Å². The molecule has 0 aromatic heterocycles. The van der Waals surface area contributed by atoms with Crippen LogP contribution in [0.2, 0.25) is 0 Å². The number of hydrogen-bond acceptors (Lipinski definition) is 2. The predicted molar refractivity (Wildman–Crippen MR) is 85.7 cm³/mol. The standard InChI is InChI=1S/C18H22N2O/c1-20(14-16-10-6-3-7-11-16)18(21)17(19)13-12-15-8-4-2-5-9-15/h2-11,17H,12-14,19H2,1H3. The molecule has 1 atom stereocenters. The van der Waals surface area contributed by atoms with E-state index in [1.807, 2.05) is 48.5 Å². The number of hydrogen-bond donors (Lipinski definition) is 1. The Morgan fingerprint density at radius 1 is 1.00 bits per heavy atom. The fraction of sp³-hybridized carbons (Fsp3) is 0.278. The first-order valence-electron chi connectivity index (χ1n) is 7.25. The second-order valence-corrected chi connectivity index (χ2v) is 5.31. The molecule has 0 radical (unpaired) electrons. The quantitative estimate of drug-likeness (QED) is 0.885. The van der Waals surface area contributed by atoms with Gasteiger partial charge in [0.1, 0.15) is 0 Å². The lowest BCUT2D eigenvalue weighted by atomic mass is 10.0. The average Bonchev–Trinajstić information content (AvgIpc) is 2.53. The highest BCUT2D eigenvalue weighted by atomic mass is 16.2. The second-order valence-electron chi connectivity index (χ2n) is 5.31. The van der Waals surface area contributed by atoms with Crippen molar-refractivity contribution >= 4 is 5.91 Å². The number of carbonyl (C=O) groups excluding carboxylic acids is 1. The minimum atomic E-state index is -0.445. The summed E-state index contributed by atoms with van der Waals surface area (Å²) in [6.45, 7) is 0.596.